The zero-order valence-corrected chi connectivity index (χ0v) is 16.2. The standard InChI is InChI=1S/C23H25NO3/c1-25-15-6-7-16-18(10-15)20-12-23(27-3)22(26-2)11-19(20)17-9-14-5-4-8-24(14)13-21(16)17/h6-7,10-12,14H,4-5,8-9,13H2,1-3H3. The summed E-state index contributed by atoms with van der Waals surface area (Å²) in [5.74, 6) is 2.45. The van der Waals surface area contributed by atoms with Gasteiger partial charge in [-0.1, -0.05) is 6.07 Å². The molecule has 27 heavy (non-hydrogen) atoms. The average molecular weight is 363 g/mol. The van der Waals surface area contributed by atoms with E-state index in [4.69, 9.17) is 14.2 Å². The molecule has 3 aromatic rings. The second-order valence-corrected chi connectivity index (χ2v) is 7.59. The topological polar surface area (TPSA) is 30.9 Å². The Morgan fingerprint density at radius 3 is 2.30 bits per heavy atom. The maximum Gasteiger partial charge on any atom is 0.161 e. The summed E-state index contributed by atoms with van der Waals surface area (Å²) in [7, 11) is 5.13. The van der Waals surface area contributed by atoms with Crippen molar-refractivity contribution in [3.05, 3.63) is 41.5 Å². The van der Waals surface area contributed by atoms with Crippen LogP contribution in [0.25, 0.3) is 21.5 Å². The van der Waals surface area contributed by atoms with Crippen molar-refractivity contribution in [3.8, 4) is 17.2 Å². The van der Waals surface area contributed by atoms with Crippen molar-refractivity contribution in [2.24, 2.45) is 0 Å². The minimum absolute atomic E-state index is 0.671. The molecule has 3 aromatic carbocycles. The molecule has 0 spiro atoms. The maximum absolute atomic E-state index is 5.62. The van der Waals surface area contributed by atoms with E-state index in [0.717, 1.165) is 30.2 Å². The molecule has 1 saturated heterocycles. The van der Waals surface area contributed by atoms with Crippen LogP contribution in [-0.2, 0) is 13.0 Å². The van der Waals surface area contributed by atoms with Gasteiger partial charge in [-0.2, -0.15) is 0 Å². The number of fused-ring (bicyclic) bond motifs is 7. The van der Waals surface area contributed by atoms with Crippen molar-refractivity contribution in [2.45, 2.75) is 31.8 Å². The van der Waals surface area contributed by atoms with E-state index in [-0.39, 0.29) is 0 Å². The lowest BCUT2D eigenvalue weighted by atomic mass is 9.85. The van der Waals surface area contributed by atoms with E-state index < -0.39 is 0 Å². The third kappa shape index (κ3) is 2.47. The number of nitrogens with zero attached hydrogens (tertiary/aromatic N) is 1. The van der Waals surface area contributed by atoms with Gasteiger partial charge in [-0.05, 0) is 82.7 Å². The first-order chi connectivity index (χ1) is 13.2. The number of hydrogen-bond acceptors (Lipinski definition) is 4. The highest BCUT2D eigenvalue weighted by Crippen LogP contribution is 2.44. The number of benzene rings is 3. The van der Waals surface area contributed by atoms with Crippen LogP contribution in [0.4, 0.5) is 0 Å². The van der Waals surface area contributed by atoms with E-state index in [0.29, 0.717) is 6.04 Å². The predicted molar refractivity (Wildman–Crippen MR) is 108 cm³/mol. The van der Waals surface area contributed by atoms with Gasteiger partial charge in [0, 0.05) is 12.6 Å². The fraction of sp³-hybridized carbons (Fsp3) is 0.391. The van der Waals surface area contributed by atoms with E-state index in [9.17, 15) is 0 Å². The SMILES string of the molecule is COc1ccc2c3c(c4cc(OC)c(OC)cc4c2c1)CC1CCCN1C3. The largest absolute Gasteiger partial charge is 0.497 e. The summed E-state index contributed by atoms with van der Waals surface area (Å²) in [5.41, 5.74) is 2.94. The molecular weight excluding hydrogens is 338 g/mol. The van der Waals surface area contributed by atoms with Crippen molar-refractivity contribution < 1.29 is 14.2 Å². The molecule has 0 radical (unpaired) electrons. The summed E-state index contributed by atoms with van der Waals surface area (Å²) < 4.78 is 16.7. The Morgan fingerprint density at radius 2 is 1.56 bits per heavy atom. The summed E-state index contributed by atoms with van der Waals surface area (Å²) >= 11 is 0. The minimum Gasteiger partial charge on any atom is -0.497 e. The van der Waals surface area contributed by atoms with Crippen LogP contribution in [0.15, 0.2) is 30.3 Å². The molecule has 0 bridgehead atoms. The Balaban J connectivity index is 1.88. The fourth-order valence-electron chi connectivity index (χ4n) is 5.00. The van der Waals surface area contributed by atoms with Gasteiger partial charge in [0.2, 0.25) is 0 Å². The van der Waals surface area contributed by atoms with E-state index >= 15 is 0 Å². The van der Waals surface area contributed by atoms with Gasteiger partial charge in [0.05, 0.1) is 21.3 Å². The first kappa shape index (κ1) is 16.7. The van der Waals surface area contributed by atoms with Crippen LogP contribution in [0.2, 0.25) is 0 Å². The number of methoxy groups -OCH3 is 3. The summed E-state index contributed by atoms with van der Waals surface area (Å²) in [6, 6.07) is 11.4. The monoisotopic (exact) mass is 363 g/mol. The quantitative estimate of drug-likeness (QED) is 0.639. The van der Waals surface area contributed by atoms with Gasteiger partial charge in [0.25, 0.3) is 0 Å². The average Bonchev–Trinajstić information content (AvgIpc) is 3.18. The first-order valence-electron chi connectivity index (χ1n) is 9.64. The van der Waals surface area contributed by atoms with Crippen LogP contribution in [-0.4, -0.2) is 38.8 Å². The van der Waals surface area contributed by atoms with Gasteiger partial charge in [-0.3, -0.25) is 4.90 Å². The Morgan fingerprint density at radius 1 is 0.815 bits per heavy atom. The van der Waals surface area contributed by atoms with Crippen LogP contribution in [0.1, 0.15) is 24.0 Å². The van der Waals surface area contributed by atoms with Gasteiger partial charge in [0.15, 0.2) is 11.5 Å². The molecule has 4 nitrogen and oxygen atoms in total. The van der Waals surface area contributed by atoms with Crippen molar-refractivity contribution in [3.63, 3.8) is 0 Å². The summed E-state index contributed by atoms with van der Waals surface area (Å²) in [6.07, 6.45) is 3.72. The number of rotatable bonds is 3. The molecule has 5 rings (SSSR count). The van der Waals surface area contributed by atoms with Crippen molar-refractivity contribution in [2.75, 3.05) is 27.9 Å². The molecule has 1 atom stereocenters. The van der Waals surface area contributed by atoms with Crippen molar-refractivity contribution >= 4 is 21.5 Å². The molecule has 0 N–H and O–H groups in total. The molecule has 2 aliphatic rings. The smallest absolute Gasteiger partial charge is 0.161 e. The van der Waals surface area contributed by atoms with Gasteiger partial charge in [0.1, 0.15) is 5.75 Å². The highest BCUT2D eigenvalue weighted by molar-refractivity contribution is 6.12. The Bertz CT molecular complexity index is 1040. The lowest BCUT2D eigenvalue weighted by molar-refractivity contribution is 0.229. The second-order valence-electron chi connectivity index (χ2n) is 7.59. The molecule has 2 aliphatic heterocycles. The van der Waals surface area contributed by atoms with Gasteiger partial charge in [-0.25, -0.2) is 0 Å². The minimum atomic E-state index is 0.671. The van der Waals surface area contributed by atoms with Crippen LogP contribution in [0.5, 0.6) is 17.2 Å². The fourth-order valence-corrected chi connectivity index (χ4v) is 5.00. The molecule has 1 unspecified atom stereocenters. The van der Waals surface area contributed by atoms with Crippen molar-refractivity contribution in [1.29, 1.82) is 0 Å². The van der Waals surface area contributed by atoms with Gasteiger partial charge < -0.3 is 14.2 Å². The van der Waals surface area contributed by atoms with E-state index in [1.165, 1.54) is 52.1 Å². The van der Waals surface area contributed by atoms with Crippen LogP contribution in [0.3, 0.4) is 0 Å². The summed E-state index contributed by atoms with van der Waals surface area (Å²) in [4.78, 5) is 2.65. The third-order valence-electron chi connectivity index (χ3n) is 6.36. The summed E-state index contributed by atoms with van der Waals surface area (Å²) in [6.45, 7) is 2.25. The number of hydrogen-bond donors (Lipinski definition) is 0. The molecule has 0 saturated carbocycles. The van der Waals surface area contributed by atoms with E-state index in [1.807, 2.05) is 0 Å². The van der Waals surface area contributed by atoms with E-state index in [1.54, 1.807) is 21.3 Å². The lowest BCUT2D eigenvalue weighted by Gasteiger charge is -2.33. The summed E-state index contributed by atoms with van der Waals surface area (Å²) in [5, 5.41) is 5.05. The van der Waals surface area contributed by atoms with Crippen LogP contribution < -0.4 is 14.2 Å². The third-order valence-corrected chi connectivity index (χ3v) is 6.36. The normalized spacial score (nSPS) is 19.1. The molecule has 0 aromatic heterocycles. The molecule has 0 aliphatic carbocycles. The second kappa shape index (κ2) is 6.31. The van der Waals surface area contributed by atoms with Gasteiger partial charge >= 0.3 is 0 Å². The van der Waals surface area contributed by atoms with Gasteiger partial charge in [-0.15, -0.1) is 0 Å². The van der Waals surface area contributed by atoms with E-state index in [2.05, 4.69) is 35.2 Å². The molecule has 0 amide bonds. The molecule has 1 fully saturated rings. The molecule has 4 heteroatoms. The Kier molecular flexibility index (Phi) is 3.90. The Hall–Kier alpha value is -2.46. The zero-order valence-electron chi connectivity index (χ0n) is 16.2. The van der Waals surface area contributed by atoms with Crippen LogP contribution in [0, 0.1) is 0 Å². The maximum atomic E-state index is 5.62. The first-order valence-corrected chi connectivity index (χ1v) is 9.64. The molecule has 140 valence electrons. The zero-order chi connectivity index (χ0) is 18.5. The lowest BCUT2D eigenvalue weighted by Crippen LogP contribution is -2.35. The predicted octanol–water partition coefficient (Wildman–Crippen LogP) is 4.54. The Labute approximate surface area is 159 Å². The highest BCUT2D eigenvalue weighted by Gasteiger charge is 2.32. The van der Waals surface area contributed by atoms with Crippen molar-refractivity contribution in [1.82, 2.24) is 4.90 Å². The highest BCUT2D eigenvalue weighted by atomic mass is 16.5. The molecular formula is C23H25NO3. The number of ether oxygens (including phenoxy) is 3. The van der Waals surface area contributed by atoms with Crippen LogP contribution >= 0.6 is 0 Å². The molecule has 2 heterocycles.